The number of nitrogens with zero attached hydrogens (tertiary/aromatic N) is 1. The zero-order valence-electron chi connectivity index (χ0n) is 15.3. The average Bonchev–Trinajstić information content (AvgIpc) is 3.00. The molecule has 0 bridgehead atoms. The number of thioether (sulfide) groups is 1. The lowest BCUT2D eigenvalue weighted by Crippen LogP contribution is -2.19. The maximum absolute atomic E-state index is 12.3. The van der Waals surface area contributed by atoms with Gasteiger partial charge in [-0.05, 0) is 70.5 Å². The zero-order chi connectivity index (χ0) is 20.8. The molecule has 1 amide bonds. The van der Waals surface area contributed by atoms with Gasteiger partial charge in [0.15, 0.2) is 23.3 Å². The van der Waals surface area contributed by atoms with Crippen LogP contribution in [0.3, 0.4) is 0 Å². The van der Waals surface area contributed by atoms with Gasteiger partial charge in [-0.15, -0.1) is 0 Å². The minimum absolute atomic E-state index is 0.245. The van der Waals surface area contributed by atoms with Gasteiger partial charge in [0.2, 0.25) is 0 Å². The molecule has 0 saturated carbocycles. The number of hydrogen-bond donors (Lipinski definition) is 2. The quantitative estimate of drug-likeness (QED) is 0.581. The summed E-state index contributed by atoms with van der Waals surface area (Å²) in [5.74, 6) is -0.650. The van der Waals surface area contributed by atoms with E-state index in [1.807, 2.05) is 37.3 Å². The summed E-state index contributed by atoms with van der Waals surface area (Å²) in [5.41, 5.74) is 1.44. The van der Waals surface area contributed by atoms with E-state index in [0.29, 0.717) is 38.2 Å². The van der Waals surface area contributed by atoms with Crippen molar-refractivity contribution in [3.8, 4) is 11.5 Å². The fourth-order valence-electron chi connectivity index (χ4n) is 2.46. The Morgan fingerprint density at radius 3 is 2.72 bits per heavy atom. The smallest absolute Gasteiger partial charge is 0.341 e. The topological polar surface area (TPSA) is 97.2 Å². The molecule has 1 aliphatic heterocycles. The van der Waals surface area contributed by atoms with E-state index < -0.39 is 12.6 Å². The van der Waals surface area contributed by atoms with Crippen LogP contribution in [0, 0.1) is 0 Å². The molecular weight excluding hydrogens is 460 g/mol. The van der Waals surface area contributed by atoms with Crippen molar-refractivity contribution < 1.29 is 24.2 Å². The number of amidine groups is 1. The van der Waals surface area contributed by atoms with Gasteiger partial charge in [0.25, 0.3) is 5.91 Å². The highest BCUT2D eigenvalue weighted by Crippen LogP contribution is 2.38. The molecule has 29 heavy (non-hydrogen) atoms. The van der Waals surface area contributed by atoms with Gasteiger partial charge >= 0.3 is 5.97 Å². The van der Waals surface area contributed by atoms with Gasteiger partial charge in [-0.2, -0.15) is 0 Å². The van der Waals surface area contributed by atoms with Gasteiger partial charge in [-0.3, -0.25) is 4.79 Å². The van der Waals surface area contributed by atoms with Crippen LogP contribution in [0.5, 0.6) is 11.5 Å². The van der Waals surface area contributed by atoms with Crippen molar-refractivity contribution in [1.82, 2.24) is 5.32 Å². The SMILES string of the molecule is CCOc1cc(/C=C2\SC(=Nc3ccccc3)NC2=O)cc(Br)c1OCC(=O)O. The molecule has 0 aliphatic carbocycles. The Morgan fingerprint density at radius 1 is 1.28 bits per heavy atom. The zero-order valence-corrected chi connectivity index (χ0v) is 17.7. The van der Waals surface area contributed by atoms with Crippen LogP contribution in [0.2, 0.25) is 0 Å². The first kappa shape index (κ1) is 20.9. The third kappa shape index (κ3) is 5.61. The van der Waals surface area contributed by atoms with Crippen molar-refractivity contribution in [2.75, 3.05) is 13.2 Å². The third-order valence-electron chi connectivity index (χ3n) is 3.61. The lowest BCUT2D eigenvalue weighted by atomic mass is 10.2. The first-order valence-corrected chi connectivity index (χ1v) is 10.2. The van der Waals surface area contributed by atoms with Crippen LogP contribution in [0.25, 0.3) is 6.08 Å². The predicted molar refractivity (Wildman–Crippen MR) is 116 cm³/mol. The van der Waals surface area contributed by atoms with Crippen molar-refractivity contribution in [2.45, 2.75) is 6.92 Å². The summed E-state index contributed by atoms with van der Waals surface area (Å²) in [7, 11) is 0. The molecule has 1 fully saturated rings. The van der Waals surface area contributed by atoms with Gasteiger partial charge in [0.1, 0.15) is 0 Å². The summed E-state index contributed by atoms with van der Waals surface area (Å²) in [6.45, 7) is 1.70. The Morgan fingerprint density at radius 2 is 2.03 bits per heavy atom. The Hall–Kier alpha value is -2.78. The number of aliphatic imine (C=N–C) groups is 1. The molecule has 1 aliphatic rings. The lowest BCUT2D eigenvalue weighted by Gasteiger charge is -2.13. The largest absolute Gasteiger partial charge is 0.490 e. The molecule has 0 radical (unpaired) electrons. The fourth-order valence-corrected chi connectivity index (χ4v) is 3.88. The van der Waals surface area contributed by atoms with Crippen LogP contribution in [0.4, 0.5) is 5.69 Å². The Kier molecular flexibility index (Phi) is 6.95. The summed E-state index contributed by atoms with van der Waals surface area (Å²) in [4.78, 5) is 28.0. The van der Waals surface area contributed by atoms with Gasteiger partial charge in [0, 0.05) is 0 Å². The van der Waals surface area contributed by atoms with E-state index in [-0.39, 0.29) is 5.91 Å². The first-order valence-electron chi connectivity index (χ1n) is 8.62. The molecule has 3 rings (SSSR count). The van der Waals surface area contributed by atoms with E-state index in [2.05, 4.69) is 26.2 Å². The molecule has 7 nitrogen and oxygen atoms in total. The molecular formula is C20H17BrN2O5S. The number of ether oxygens (including phenoxy) is 2. The highest BCUT2D eigenvalue weighted by atomic mass is 79.9. The van der Waals surface area contributed by atoms with Crippen molar-refractivity contribution in [3.63, 3.8) is 0 Å². The van der Waals surface area contributed by atoms with E-state index in [1.165, 1.54) is 11.8 Å². The molecule has 1 saturated heterocycles. The van der Waals surface area contributed by atoms with Crippen LogP contribution in [0.1, 0.15) is 12.5 Å². The summed E-state index contributed by atoms with van der Waals surface area (Å²) >= 11 is 4.62. The van der Waals surface area contributed by atoms with Gasteiger partial charge in [-0.1, -0.05) is 18.2 Å². The number of para-hydroxylation sites is 1. The minimum Gasteiger partial charge on any atom is -0.490 e. The van der Waals surface area contributed by atoms with Crippen LogP contribution < -0.4 is 14.8 Å². The summed E-state index contributed by atoms with van der Waals surface area (Å²) < 4.78 is 11.4. The number of rotatable bonds is 7. The van der Waals surface area contributed by atoms with Crippen molar-refractivity contribution >= 4 is 56.5 Å². The number of halogens is 1. The normalized spacial score (nSPS) is 16.1. The Balaban J connectivity index is 1.86. The highest BCUT2D eigenvalue weighted by molar-refractivity contribution is 9.10. The number of carboxylic acids is 1. The molecule has 2 N–H and O–H groups in total. The second kappa shape index (κ2) is 9.62. The number of hydrogen-bond acceptors (Lipinski definition) is 6. The second-order valence-electron chi connectivity index (χ2n) is 5.76. The maximum atomic E-state index is 12.3. The van der Waals surface area contributed by atoms with E-state index >= 15 is 0 Å². The number of amides is 1. The average molecular weight is 477 g/mol. The number of nitrogens with one attached hydrogen (secondary N) is 1. The summed E-state index contributed by atoms with van der Waals surface area (Å²) in [6, 6.07) is 12.8. The highest BCUT2D eigenvalue weighted by Gasteiger charge is 2.24. The first-order chi connectivity index (χ1) is 14.0. The van der Waals surface area contributed by atoms with Crippen molar-refractivity contribution in [2.24, 2.45) is 4.99 Å². The molecule has 0 spiro atoms. The van der Waals surface area contributed by atoms with Crippen LogP contribution in [0.15, 0.2) is 56.8 Å². The molecule has 9 heteroatoms. The molecule has 0 aromatic heterocycles. The molecule has 1 heterocycles. The molecule has 0 atom stereocenters. The molecule has 0 unspecified atom stereocenters. The molecule has 2 aromatic rings. The van der Waals surface area contributed by atoms with Gasteiger partial charge < -0.3 is 19.9 Å². The number of benzene rings is 2. The van der Waals surface area contributed by atoms with E-state index in [4.69, 9.17) is 14.6 Å². The Labute approximate surface area is 179 Å². The van der Waals surface area contributed by atoms with Crippen LogP contribution >= 0.6 is 27.7 Å². The standard InChI is InChI=1S/C20H17BrN2O5S/c1-2-27-15-9-12(8-14(21)18(15)28-11-17(24)25)10-16-19(26)23-20(29-16)22-13-6-4-3-5-7-13/h3-10H,2,11H2,1H3,(H,24,25)(H,22,23,26)/b16-10-. The predicted octanol–water partition coefficient (Wildman–Crippen LogP) is 4.20. The lowest BCUT2D eigenvalue weighted by molar-refractivity contribution is -0.139. The van der Waals surface area contributed by atoms with Crippen molar-refractivity contribution in [1.29, 1.82) is 0 Å². The summed E-state index contributed by atoms with van der Waals surface area (Å²) in [6.07, 6.45) is 1.71. The number of carboxylic acid groups (broad SMARTS) is 1. The number of carbonyl (C=O) groups is 2. The second-order valence-corrected chi connectivity index (χ2v) is 7.65. The fraction of sp³-hybridized carbons (Fsp3) is 0.150. The van der Waals surface area contributed by atoms with E-state index in [1.54, 1.807) is 18.2 Å². The minimum atomic E-state index is -1.09. The monoisotopic (exact) mass is 476 g/mol. The van der Waals surface area contributed by atoms with Crippen LogP contribution in [-0.4, -0.2) is 35.4 Å². The van der Waals surface area contributed by atoms with Crippen molar-refractivity contribution in [3.05, 3.63) is 57.4 Å². The molecule has 2 aromatic carbocycles. The van der Waals surface area contributed by atoms with Crippen LogP contribution in [-0.2, 0) is 9.59 Å². The Bertz CT molecular complexity index is 992. The number of carbonyl (C=O) groups excluding carboxylic acids is 1. The summed E-state index contributed by atoms with van der Waals surface area (Å²) in [5, 5.41) is 12.1. The number of aliphatic carboxylic acids is 1. The van der Waals surface area contributed by atoms with E-state index in [9.17, 15) is 9.59 Å². The molecule has 150 valence electrons. The third-order valence-corrected chi connectivity index (χ3v) is 5.11. The van der Waals surface area contributed by atoms with Gasteiger partial charge in [0.05, 0.1) is 21.7 Å². The van der Waals surface area contributed by atoms with E-state index in [0.717, 1.165) is 5.69 Å². The van der Waals surface area contributed by atoms with Gasteiger partial charge in [-0.25, -0.2) is 9.79 Å². The maximum Gasteiger partial charge on any atom is 0.341 e.